The van der Waals surface area contributed by atoms with Gasteiger partial charge in [-0.25, -0.2) is 4.52 Å². The van der Waals surface area contributed by atoms with Crippen LogP contribution in [-0.4, -0.2) is 16.2 Å². The van der Waals surface area contributed by atoms with E-state index < -0.39 is 0 Å². The zero-order valence-electron chi connectivity index (χ0n) is 10.1. The van der Waals surface area contributed by atoms with Gasteiger partial charge in [-0.2, -0.15) is 5.10 Å². The molecule has 3 nitrogen and oxygen atoms in total. The highest BCUT2D eigenvalue weighted by atomic mass is 15.2. The van der Waals surface area contributed by atoms with Gasteiger partial charge in [-0.1, -0.05) is 36.4 Å². The normalized spacial score (nSPS) is 10.9. The Bertz CT molecular complexity index is 656. The molecule has 1 aromatic carbocycles. The predicted octanol–water partition coefficient (Wildman–Crippen LogP) is 2.50. The second kappa shape index (κ2) is 4.63. The van der Waals surface area contributed by atoms with Crippen molar-refractivity contribution >= 4 is 5.52 Å². The average Bonchev–Trinajstić information content (AvgIpc) is 2.80. The van der Waals surface area contributed by atoms with Crippen LogP contribution in [0.2, 0.25) is 0 Å². The zero-order chi connectivity index (χ0) is 12.4. The number of nitrogens with zero attached hydrogens (tertiary/aromatic N) is 2. The van der Waals surface area contributed by atoms with Gasteiger partial charge in [-0.05, 0) is 25.1 Å². The number of aromatic nitrogens is 2. The van der Waals surface area contributed by atoms with Crippen molar-refractivity contribution in [3.05, 3.63) is 60.3 Å². The Labute approximate surface area is 106 Å². The van der Waals surface area contributed by atoms with E-state index in [0.29, 0.717) is 6.54 Å². The minimum absolute atomic E-state index is 0.635. The molecular formula is C15H15N3. The molecule has 0 amide bonds. The molecule has 0 saturated heterocycles. The molecule has 0 aliphatic heterocycles. The largest absolute Gasteiger partial charge is 0.330 e. The van der Waals surface area contributed by atoms with Gasteiger partial charge in [0.15, 0.2) is 0 Å². The smallest absolute Gasteiger partial charge is 0.0966 e. The maximum absolute atomic E-state index is 5.72. The first-order chi connectivity index (χ1) is 8.90. The summed E-state index contributed by atoms with van der Waals surface area (Å²) in [5, 5.41) is 4.66. The van der Waals surface area contributed by atoms with E-state index in [4.69, 9.17) is 5.73 Å². The summed E-state index contributed by atoms with van der Waals surface area (Å²) in [5.41, 5.74) is 10.3. The average molecular weight is 237 g/mol. The molecule has 0 unspecified atom stereocenters. The van der Waals surface area contributed by atoms with E-state index in [1.807, 2.05) is 41.0 Å². The van der Waals surface area contributed by atoms with Crippen LogP contribution in [-0.2, 0) is 6.42 Å². The highest BCUT2D eigenvalue weighted by Crippen LogP contribution is 2.26. The zero-order valence-corrected chi connectivity index (χ0v) is 10.1. The van der Waals surface area contributed by atoms with E-state index in [9.17, 15) is 0 Å². The Morgan fingerprint density at radius 3 is 2.56 bits per heavy atom. The van der Waals surface area contributed by atoms with E-state index in [1.54, 1.807) is 0 Å². The summed E-state index contributed by atoms with van der Waals surface area (Å²) in [4.78, 5) is 0. The molecule has 3 heteroatoms. The van der Waals surface area contributed by atoms with Gasteiger partial charge in [-0.15, -0.1) is 0 Å². The molecule has 0 saturated carbocycles. The van der Waals surface area contributed by atoms with E-state index >= 15 is 0 Å². The monoisotopic (exact) mass is 237 g/mol. The van der Waals surface area contributed by atoms with Crippen molar-refractivity contribution in [2.45, 2.75) is 6.42 Å². The van der Waals surface area contributed by atoms with Crippen LogP contribution >= 0.6 is 0 Å². The van der Waals surface area contributed by atoms with E-state index in [1.165, 1.54) is 5.56 Å². The summed E-state index contributed by atoms with van der Waals surface area (Å²) in [7, 11) is 0. The molecular weight excluding hydrogens is 222 g/mol. The van der Waals surface area contributed by atoms with Crippen molar-refractivity contribution in [2.24, 2.45) is 5.73 Å². The van der Waals surface area contributed by atoms with E-state index in [0.717, 1.165) is 23.2 Å². The van der Waals surface area contributed by atoms with Gasteiger partial charge < -0.3 is 5.73 Å². The Morgan fingerprint density at radius 1 is 1.00 bits per heavy atom. The molecule has 2 heterocycles. The quantitative estimate of drug-likeness (QED) is 0.760. The molecule has 90 valence electrons. The van der Waals surface area contributed by atoms with Crippen LogP contribution in [0.1, 0.15) is 5.56 Å². The third-order valence-electron chi connectivity index (χ3n) is 3.08. The van der Waals surface area contributed by atoms with Crippen LogP contribution in [0.5, 0.6) is 0 Å². The van der Waals surface area contributed by atoms with Gasteiger partial charge in [0.2, 0.25) is 0 Å². The fourth-order valence-electron chi connectivity index (χ4n) is 2.27. The lowest BCUT2D eigenvalue weighted by molar-refractivity contribution is 0.966. The molecule has 3 rings (SSSR count). The highest BCUT2D eigenvalue weighted by Gasteiger charge is 2.12. The summed E-state index contributed by atoms with van der Waals surface area (Å²) in [5.74, 6) is 0. The van der Waals surface area contributed by atoms with Crippen molar-refractivity contribution in [3.63, 3.8) is 0 Å². The first kappa shape index (κ1) is 11.0. The van der Waals surface area contributed by atoms with Gasteiger partial charge in [0.05, 0.1) is 11.2 Å². The van der Waals surface area contributed by atoms with Crippen LogP contribution in [0.25, 0.3) is 16.8 Å². The molecule has 0 bridgehead atoms. The van der Waals surface area contributed by atoms with Crippen molar-refractivity contribution in [1.82, 2.24) is 9.61 Å². The number of hydrogen-bond donors (Lipinski definition) is 1. The number of nitrogens with two attached hydrogens (primary N) is 1. The predicted molar refractivity (Wildman–Crippen MR) is 73.4 cm³/mol. The van der Waals surface area contributed by atoms with Crippen LogP contribution in [0, 0.1) is 0 Å². The van der Waals surface area contributed by atoms with Crippen LogP contribution in [0.3, 0.4) is 0 Å². The molecule has 3 aromatic rings. The molecule has 0 atom stereocenters. The van der Waals surface area contributed by atoms with Crippen LogP contribution in [0.4, 0.5) is 0 Å². The Kier molecular flexibility index (Phi) is 2.82. The molecule has 0 fully saturated rings. The first-order valence-electron chi connectivity index (χ1n) is 6.12. The lowest BCUT2D eigenvalue weighted by atomic mass is 10.0. The van der Waals surface area contributed by atoms with Crippen molar-refractivity contribution in [3.8, 4) is 11.3 Å². The molecule has 2 N–H and O–H groups in total. The SMILES string of the molecule is NCCc1c(-c2ccccc2)nn2ccccc12. The Hall–Kier alpha value is -2.13. The summed E-state index contributed by atoms with van der Waals surface area (Å²) < 4.78 is 1.92. The number of pyridine rings is 1. The molecule has 18 heavy (non-hydrogen) atoms. The van der Waals surface area contributed by atoms with Crippen molar-refractivity contribution < 1.29 is 0 Å². The number of rotatable bonds is 3. The number of fused-ring (bicyclic) bond motifs is 1. The Morgan fingerprint density at radius 2 is 1.78 bits per heavy atom. The van der Waals surface area contributed by atoms with Crippen molar-refractivity contribution in [1.29, 1.82) is 0 Å². The standard InChI is InChI=1S/C15H15N3/c16-10-9-13-14-8-4-5-11-18(14)17-15(13)12-6-2-1-3-7-12/h1-8,11H,9-10,16H2. The minimum Gasteiger partial charge on any atom is -0.330 e. The molecule has 0 aliphatic carbocycles. The van der Waals surface area contributed by atoms with Gasteiger partial charge >= 0.3 is 0 Å². The number of benzene rings is 1. The fraction of sp³-hybridized carbons (Fsp3) is 0.133. The molecule has 2 aromatic heterocycles. The van der Waals surface area contributed by atoms with Gasteiger partial charge in [-0.3, -0.25) is 0 Å². The molecule has 0 spiro atoms. The van der Waals surface area contributed by atoms with Crippen molar-refractivity contribution in [2.75, 3.05) is 6.54 Å². The third kappa shape index (κ3) is 1.79. The lowest BCUT2D eigenvalue weighted by Crippen LogP contribution is -2.03. The summed E-state index contributed by atoms with van der Waals surface area (Å²) >= 11 is 0. The third-order valence-corrected chi connectivity index (χ3v) is 3.08. The summed E-state index contributed by atoms with van der Waals surface area (Å²) in [6.45, 7) is 0.635. The molecule has 0 aliphatic rings. The second-order valence-corrected chi connectivity index (χ2v) is 4.26. The van der Waals surface area contributed by atoms with Gasteiger partial charge in [0.1, 0.15) is 0 Å². The minimum atomic E-state index is 0.635. The van der Waals surface area contributed by atoms with Crippen LogP contribution in [0.15, 0.2) is 54.7 Å². The van der Waals surface area contributed by atoms with Gasteiger partial charge in [0.25, 0.3) is 0 Å². The Balaban J connectivity index is 2.25. The summed E-state index contributed by atoms with van der Waals surface area (Å²) in [6, 6.07) is 16.4. The first-order valence-corrected chi connectivity index (χ1v) is 6.12. The number of hydrogen-bond acceptors (Lipinski definition) is 2. The molecule has 0 radical (unpaired) electrons. The maximum Gasteiger partial charge on any atom is 0.0966 e. The maximum atomic E-state index is 5.72. The van der Waals surface area contributed by atoms with Crippen LogP contribution < -0.4 is 5.73 Å². The fourth-order valence-corrected chi connectivity index (χ4v) is 2.27. The van der Waals surface area contributed by atoms with E-state index in [2.05, 4.69) is 23.3 Å². The van der Waals surface area contributed by atoms with Gasteiger partial charge in [0, 0.05) is 17.3 Å². The lowest BCUT2D eigenvalue weighted by Gasteiger charge is -2.01. The summed E-state index contributed by atoms with van der Waals surface area (Å²) in [6.07, 6.45) is 2.82. The second-order valence-electron chi connectivity index (χ2n) is 4.26. The van der Waals surface area contributed by atoms with E-state index in [-0.39, 0.29) is 0 Å². The highest BCUT2D eigenvalue weighted by molar-refractivity contribution is 5.72. The topological polar surface area (TPSA) is 43.3 Å².